The minimum atomic E-state index is -4.52. The SMILES string of the molecule is CC(C)(C)OC(=O)NCC(=Cc1ccccc1C(F)(F)F)B1OC(C)(C)C(C)(C)O1. The number of rotatable bonds is 4. The molecule has 1 aliphatic heterocycles. The smallest absolute Gasteiger partial charge is 0.444 e. The zero-order valence-electron chi connectivity index (χ0n) is 18.4. The van der Waals surface area contributed by atoms with Crippen molar-refractivity contribution in [3.63, 3.8) is 0 Å². The maximum absolute atomic E-state index is 13.4. The Morgan fingerprint density at radius 1 is 1.10 bits per heavy atom. The van der Waals surface area contributed by atoms with Gasteiger partial charge in [0.05, 0.1) is 16.8 Å². The van der Waals surface area contributed by atoms with Gasteiger partial charge in [0, 0.05) is 6.54 Å². The van der Waals surface area contributed by atoms with Gasteiger partial charge in [-0.1, -0.05) is 24.3 Å². The Morgan fingerprint density at radius 3 is 2.13 bits per heavy atom. The summed E-state index contributed by atoms with van der Waals surface area (Å²) in [5.41, 5.74) is -2.56. The molecule has 30 heavy (non-hydrogen) atoms. The van der Waals surface area contributed by atoms with Crippen molar-refractivity contribution in [1.82, 2.24) is 5.32 Å². The third kappa shape index (κ3) is 6.01. The molecule has 1 N–H and O–H groups in total. The third-order valence-electron chi connectivity index (χ3n) is 5.00. The van der Waals surface area contributed by atoms with E-state index in [9.17, 15) is 18.0 Å². The summed E-state index contributed by atoms with van der Waals surface area (Å²) in [6.45, 7) is 12.4. The number of amides is 1. The van der Waals surface area contributed by atoms with Crippen LogP contribution in [0.3, 0.4) is 0 Å². The quantitative estimate of drug-likeness (QED) is 0.668. The molecule has 1 amide bonds. The Bertz CT molecular complexity index is 797. The lowest BCUT2D eigenvalue weighted by Crippen LogP contribution is -2.41. The number of carbonyl (C=O) groups is 1. The molecule has 9 heteroatoms. The summed E-state index contributed by atoms with van der Waals surface area (Å²) in [5.74, 6) is 0. The van der Waals surface area contributed by atoms with Gasteiger partial charge in [-0.05, 0) is 65.6 Å². The number of alkyl carbamates (subject to hydrolysis) is 1. The van der Waals surface area contributed by atoms with Crippen molar-refractivity contribution >= 4 is 19.3 Å². The van der Waals surface area contributed by atoms with Crippen LogP contribution in [0.5, 0.6) is 0 Å². The molecule has 1 saturated heterocycles. The molecule has 0 saturated carbocycles. The second-order valence-corrected chi connectivity index (χ2v) is 9.25. The van der Waals surface area contributed by atoms with Crippen LogP contribution in [-0.2, 0) is 20.2 Å². The highest BCUT2D eigenvalue weighted by Gasteiger charge is 2.52. The lowest BCUT2D eigenvalue weighted by Gasteiger charge is -2.32. The molecule has 5 nitrogen and oxygen atoms in total. The van der Waals surface area contributed by atoms with E-state index in [1.165, 1.54) is 24.3 Å². The molecule has 2 rings (SSSR count). The fourth-order valence-electron chi connectivity index (χ4n) is 2.77. The molecule has 1 aromatic rings. The molecule has 166 valence electrons. The maximum Gasteiger partial charge on any atom is 0.492 e. The number of ether oxygens (including phenoxy) is 1. The number of halogens is 3. The van der Waals surface area contributed by atoms with E-state index >= 15 is 0 Å². The van der Waals surface area contributed by atoms with Crippen LogP contribution in [0.15, 0.2) is 29.7 Å². The first-order valence-electron chi connectivity index (χ1n) is 9.71. The first-order chi connectivity index (χ1) is 13.5. The van der Waals surface area contributed by atoms with Gasteiger partial charge in [-0.3, -0.25) is 0 Å². The van der Waals surface area contributed by atoms with Crippen LogP contribution in [0.1, 0.15) is 59.6 Å². The van der Waals surface area contributed by atoms with Crippen LogP contribution < -0.4 is 5.32 Å². The Kier molecular flexibility index (Phi) is 6.69. The van der Waals surface area contributed by atoms with Crippen LogP contribution in [0.2, 0.25) is 0 Å². The second kappa shape index (κ2) is 8.27. The summed E-state index contributed by atoms with van der Waals surface area (Å²) in [6, 6.07) is 5.22. The highest BCUT2D eigenvalue weighted by molar-refractivity contribution is 6.56. The zero-order chi connectivity index (χ0) is 23.0. The van der Waals surface area contributed by atoms with E-state index in [0.29, 0.717) is 5.47 Å². The first kappa shape index (κ1) is 24.3. The summed E-state index contributed by atoms with van der Waals surface area (Å²) in [7, 11) is -0.925. The number of benzene rings is 1. The van der Waals surface area contributed by atoms with Gasteiger partial charge in [-0.25, -0.2) is 4.79 Å². The van der Waals surface area contributed by atoms with E-state index < -0.39 is 41.8 Å². The zero-order valence-corrected chi connectivity index (χ0v) is 18.4. The van der Waals surface area contributed by atoms with Gasteiger partial charge in [0.15, 0.2) is 0 Å². The number of nitrogens with one attached hydrogen (secondary N) is 1. The van der Waals surface area contributed by atoms with Crippen molar-refractivity contribution in [1.29, 1.82) is 0 Å². The summed E-state index contributed by atoms with van der Waals surface area (Å²) in [5, 5.41) is 2.58. The van der Waals surface area contributed by atoms with Gasteiger partial charge in [0.2, 0.25) is 0 Å². The molecule has 0 aliphatic carbocycles. The molecule has 0 aromatic heterocycles. The molecular weight excluding hydrogens is 398 g/mol. The minimum Gasteiger partial charge on any atom is -0.444 e. The molecule has 0 bridgehead atoms. The summed E-state index contributed by atoms with van der Waals surface area (Å²) in [4.78, 5) is 12.1. The fourth-order valence-corrected chi connectivity index (χ4v) is 2.77. The Balaban J connectivity index is 2.38. The molecule has 0 radical (unpaired) electrons. The Hall–Kier alpha value is -2.00. The van der Waals surface area contributed by atoms with Crippen molar-refractivity contribution in [3.05, 3.63) is 40.9 Å². The first-order valence-corrected chi connectivity index (χ1v) is 9.71. The van der Waals surface area contributed by atoms with Crippen molar-refractivity contribution in [2.75, 3.05) is 6.54 Å². The van der Waals surface area contributed by atoms with Gasteiger partial charge in [0.25, 0.3) is 0 Å². The van der Waals surface area contributed by atoms with E-state index in [2.05, 4.69) is 5.32 Å². The van der Waals surface area contributed by atoms with Crippen molar-refractivity contribution in [2.24, 2.45) is 0 Å². The monoisotopic (exact) mass is 427 g/mol. The molecule has 0 spiro atoms. The van der Waals surface area contributed by atoms with Crippen LogP contribution in [0.4, 0.5) is 18.0 Å². The normalized spacial score (nSPS) is 19.0. The predicted octanol–water partition coefficient (Wildman–Crippen LogP) is 5.24. The number of alkyl halides is 3. The number of carbonyl (C=O) groups excluding carboxylic acids is 1. The molecule has 1 fully saturated rings. The Labute approximate surface area is 176 Å². The van der Waals surface area contributed by atoms with E-state index in [1.807, 2.05) is 27.7 Å². The number of hydrogen-bond acceptors (Lipinski definition) is 4. The molecule has 1 aliphatic rings. The van der Waals surface area contributed by atoms with Crippen molar-refractivity contribution < 1.29 is 32.0 Å². The van der Waals surface area contributed by atoms with Crippen molar-refractivity contribution in [2.45, 2.75) is 71.4 Å². The fraction of sp³-hybridized carbons (Fsp3) is 0.571. The van der Waals surface area contributed by atoms with Gasteiger partial charge in [-0.2, -0.15) is 13.2 Å². The van der Waals surface area contributed by atoms with Crippen LogP contribution in [0.25, 0.3) is 6.08 Å². The van der Waals surface area contributed by atoms with Gasteiger partial charge < -0.3 is 19.4 Å². The lowest BCUT2D eigenvalue weighted by molar-refractivity contribution is -0.137. The highest BCUT2D eigenvalue weighted by Crippen LogP contribution is 2.39. The second-order valence-electron chi connectivity index (χ2n) is 9.25. The average molecular weight is 427 g/mol. The topological polar surface area (TPSA) is 56.8 Å². The van der Waals surface area contributed by atoms with Crippen molar-refractivity contribution in [3.8, 4) is 0 Å². The predicted molar refractivity (Wildman–Crippen MR) is 110 cm³/mol. The third-order valence-corrected chi connectivity index (χ3v) is 5.00. The van der Waals surface area contributed by atoms with Crippen LogP contribution in [-0.4, -0.2) is 36.6 Å². The average Bonchev–Trinajstić information content (AvgIpc) is 2.77. The van der Waals surface area contributed by atoms with Gasteiger partial charge in [-0.15, -0.1) is 0 Å². The summed E-state index contributed by atoms with van der Waals surface area (Å²) in [6.07, 6.45) is -3.86. The standard InChI is InChI=1S/C21H29BF3NO4/c1-18(2,3)28-17(27)26-13-15(22-29-19(4,5)20(6,7)30-22)12-14-10-8-9-11-16(14)21(23,24)25/h8-12H,13H2,1-7H3,(H,26,27). The Morgan fingerprint density at radius 2 is 1.63 bits per heavy atom. The van der Waals surface area contributed by atoms with E-state index in [-0.39, 0.29) is 12.1 Å². The van der Waals surface area contributed by atoms with E-state index in [4.69, 9.17) is 14.0 Å². The molecule has 0 atom stereocenters. The summed E-state index contributed by atoms with van der Waals surface area (Å²) >= 11 is 0. The van der Waals surface area contributed by atoms with Crippen LogP contribution >= 0.6 is 0 Å². The maximum atomic E-state index is 13.4. The van der Waals surface area contributed by atoms with Gasteiger partial charge >= 0.3 is 19.4 Å². The summed E-state index contributed by atoms with van der Waals surface area (Å²) < 4.78 is 57.5. The number of hydrogen-bond donors (Lipinski definition) is 1. The van der Waals surface area contributed by atoms with E-state index in [0.717, 1.165) is 6.07 Å². The van der Waals surface area contributed by atoms with Gasteiger partial charge in [0.1, 0.15) is 5.60 Å². The lowest BCUT2D eigenvalue weighted by atomic mass is 9.76. The highest BCUT2D eigenvalue weighted by atomic mass is 19.4. The molecule has 1 heterocycles. The van der Waals surface area contributed by atoms with E-state index in [1.54, 1.807) is 20.8 Å². The molecular formula is C21H29BF3NO4. The molecule has 0 unspecified atom stereocenters. The van der Waals surface area contributed by atoms with Crippen LogP contribution in [0, 0.1) is 0 Å². The minimum absolute atomic E-state index is 0.0410. The molecule has 1 aromatic carbocycles. The largest absolute Gasteiger partial charge is 0.492 e.